The Hall–Kier alpha value is -6.58. The monoisotopic (exact) mass is 854 g/mol. The van der Waals surface area contributed by atoms with E-state index in [0.29, 0.717) is 0 Å². The highest BCUT2D eigenvalue weighted by atomic mass is 15.2. The Kier molecular flexibility index (Phi) is 8.51. The number of rotatable bonds is 3. The van der Waals surface area contributed by atoms with Gasteiger partial charge in [0.2, 0.25) is 0 Å². The van der Waals surface area contributed by atoms with Gasteiger partial charge in [0.15, 0.2) is 0 Å². The van der Waals surface area contributed by atoms with Gasteiger partial charge in [0.25, 0.3) is 6.71 Å². The molecular weight excluding hydrogens is 796 g/mol. The van der Waals surface area contributed by atoms with Gasteiger partial charge in [0.05, 0.1) is 0 Å². The molecule has 2 aliphatic carbocycles. The second kappa shape index (κ2) is 13.7. The van der Waals surface area contributed by atoms with Crippen molar-refractivity contribution in [3.63, 3.8) is 0 Å². The molecule has 8 aromatic rings. The molecule has 4 aliphatic rings. The summed E-state index contributed by atoms with van der Waals surface area (Å²) in [6, 6.07) is 61.2. The summed E-state index contributed by atoms with van der Waals surface area (Å²) >= 11 is 0. The molecule has 8 aromatic carbocycles. The van der Waals surface area contributed by atoms with Crippen molar-refractivity contribution in [2.45, 2.75) is 97.8 Å². The van der Waals surface area contributed by atoms with Crippen LogP contribution in [0.25, 0.3) is 33.4 Å². The van der Waals surface area contributed by atoms with Crippen LogP contribution in [0.2, 0.25) is 0 Å². The standard InChI is InChI=1S/C63H59BN2/c1-38-33-56-59-57(34-38)66(43-29-30-46-45-17-12-14-20-48(45)63(10,11)51(46)37-43)55-36-41(61(5,6)7)26-32-53(55)64(59)52-31-25-40(60(2,3)4)35-54(52)65(56)42-27-23-39(24-28-42)44-19-16-22-50-58(44)47-18-13-15-21-49(47)62(50,8)9/h12-37H,1-11H3. The Bertz CT molecular complexity index is 3350. The van der Waals surface area contributed by atoms with Crippen LogP contribution in [-0.2, 0) is 21.7 Å². The van der Waals surface area contributed by atoms with Gasteiger partial charge in [-0.25, -0.2) is 0 Å². The highest BCUT2D eigenvalue weighted by Crippen LogP contribution is 2.54. The average molecular weight is 855 g/mol. The largest absolute Gasteiger partial charge is 0.311 e. The Morgan fingerprint density at radius 3 is 1.50 bits per heavy atom. The van der Waals surface area contributed by atoms with E-state index >= 15 is 0 Å². The molecular formula is C63H59BN2. The number of anilines is 6. The molecule has 0 spiro atoms. The smallest absolute Gasteiger partial charge is 0.252 e. The van der Waals surface area contributed by atoms with Crippen molar-refractivity contribution in [3.8, 4) is 33.4 Å². The summed E-state index contributed by atoms with van der Waals surface area (Å²) in [7, 11) is 0. The normalized spacial score (nSPS) is 15.7. The van der Waals surface area contributed by atoms with Crippen LogP contribution in [0, 0.1) is 6.92 Å². The van der Waals surface area contributed by atoms with Crippen molar-refractivity contribution in [1.82, 2.24) is 0 Å². The summed E-state index contributed by atoms with van der Waals surface area (Å²) < 4.78 is 0. The number of hydrogen-bond acceptors (Lipinski definition) is 2. The molecule has 324 valence electrons. The molecule has 2 nitrogen and oxygen atoms in total. The fourth-order valence-corrected chi connectivity index (χ4v) is 12.2. The van der Waals surface area contributed by atoms with E-state index in [1.165, 1.54) is 123 Å². The molecule has 0 saturated carbocycles. The fraction of sp³-hybridized carbons (Fsp3) is 0.238. The van der Waals surface area contributed by atoms with Crippen LogP contribution in [0.15, 0.2) is 158 Å². The number of hydrogen-bond donors (Lipinski definition) is 0. The Morgan fingerprint density at radius 1 is 0.409 bits per heavy atom. The van der Waals surface area contributed by atoms with Crippen LogP contribution in [-0.4, -0.2) is 6.71 Å². The van der Waals surface area contributed by atoms with E-state index in [9.17, 15) is 0 Å². The second-order valence-corrected chi connectivity index (χ2v) is 22.7. The summed E-state index contributed by atoms with van der Waals surface area (Å²) in [6.45, 7) is 25.9. The minimum atomic E-state index is -0.117. The number of fused-ring (bicyclic) bond motifs is 10. The Morgan fingerprint density at radius 2 is 0.894 bits per heavy atom. The Labute approximate surface area is 393 Å². The molecule has 2 aliphatic heterocycles. The fourth-order valence-electron chi connectivity index (χ4n) is 12.2. The second-order valence-electron chi connectivity index (χ2n) is 22.7. The lowest BCUT2D eigenvalue weighted by atomic mass is 9.33. The van der Waals surface area contributed by atoms with Gasteiger partial charge in [-0.3, -0.25) is 0 Å². The molecule has 3 heteroatoms. The maximum absolute atomic E-state index is 2.61. The van der Waals surface area contributed by atoms with Gasteiger partial charge in [-0.2, -0.15) is 0 Å². The predicted molar refractivity (Wildman–Crippen MR) is 283 cm³/mol. The number of aryl methyl sites for hydroxylation is 1. The molecule has 0 N–H and O–H groups in total. The first-order valence-electron chi connectivity index (χ1n) is 24.0. The van der Waals surface area contributed by atoms with E-state index in [-0.39, 0.29) is 28.4 Å². The molecule has 0 aromatic heterocycles. The molecule has 0 unspecified atom stereocenters. The van der Waals surface area contributed by atoms with Crippen LogP contribution >= 0.6 is 0 Å². The lowest BCUT2D eigenvalue weighted by molar-refractivity contribution is 0.590. The molecule has 66 heavy (non-hydrogen) atoms. The van der Waals surface area contributed by atoms with Crippen molar-refractivity contribution in [1.29, 1.82) is 0 Å². The molecule has 0 bridgehead atoms. The quantitative estimate of drug-likeness (QED) is 0.163. The maximum Gasteiger partial charge on any atom is 0.252 e. The van der Waals surface area contributed by atoms with E-state index < -0.39 is 0 Å². The van der Waals surface area contributed by atoms with Crippen molar-refractivity contribution < 1.29 is 0 Å². The van der Waals surface area contributed by atoms with E-state index in [4.69, 9.17) is 0 Å². The summed E-state index contributed by atoms with van der Waals surface area (Å²) in [5.41, 5.74) is 28.7. The zero-order chi connectivity index (χ0) is 45.8. The molecule has 0 atom stereocenters. The minimum absolute atomic E-state index is 0.0191. The summed E-state index contributed by atoms with van der Waals surface area (Å²) in [5, 5.41) is 0. The zero-order valence-corrected chi connectivity index (χ0v) is 40.5. The summed E-state index contributed by atoms with van der Waals surface area (Å²) in [4.78, 5) is 5.19. The molecule has 12 rings (SSSR count). The van der Waals surface area contributed by atoms with Crippen LogP contribution in [0.3, 0.4) is 0 Å². The SMILES string of the molecule is Cc1cc2c3c(c1)N(c1ccc4c(c1)C(C)(C)c1ccccc1-4)c1cc(C(C)(C)C)ccc1B3c1ccc(C(C)(C)C)cc1N2c1ccc(-c2cccc3c2-c2ccccc2C3(C)C)cc1. The van der Waals surface area contributed by atoms with Gasteiger partial charge in [-0.1, -0.05) is 178 Å². The van der Waals surface area contributed by atoms with E-state index in [2.05, 4.69) is 244 Å². The first-order chi connectivity index (χ1) is 31.4. The van der Waals surface area contributed by atoms with Gasteiger partial charge in [-0.05, 0) is 155 Å². The van der Waals surface area contributed by atoms with Crippen molar-refractivity contribution in [3.05, 3.63) is 197 Å². The van der Waals surface area contributed by atoms with Gasteiger partial charge in [0.1, 0.15) is 0 Å². The first kappa shape index (κ1) is 40.9. The summed E-state index contributed by atoms with van der Waals surface area (Å²) in [6.07, 6.45) is 0. The molecule has 0 saturated heterocycles. The summed E-state index contributed by atoms with van der Waals surface area (Å²) in [5.74, 6) is 0. The van der Waals surface area contributed by atoms with E-state index in [1.54, 1.807) is 0 Å². The van der Waals surface area contributed by atoms with E-state index in [0.717, 1.165) is 0 Å². The molecule has 0 amide bonds. The topological polar surface area (TPSA) is 6.48 Å². The maximum atomic E-state index is 2.61. The van der Waals surface area contributed by atoms with Gasteiger partial charge in [0, 0.05) is 45.0 Å². The van der Waals surface area contributed by atoms with Gasteiger partial charge < -0.3 is 9.80 Å². The average Bonchev–Trinajstić information content (AvgIpc) is 3.67. The first-order valence-corrected chi connectivity index (χ1v) is 24.0. The van der Waals surface area contributed by atoms with Crippen molar-refractivity contribution >= 4 is 57.2 Å². The highest BCUT2D eigenvalue weighted by molar-refractivity contribution is 7.00. The van der Waals surface area contributed by atoms with E-state index in [1.807, 2.05) is 0 Å². The third-order valence-corrected chi connectivity index (χ3v) is 15.8. The molecule has 2 heterocycles. The Balaban J connectivity index is 1.08. The van der Waals surface area contributed by atoms with Gasteiger partial charge in [-0.15, -0.1) is 0 Å². The zero-order valence-electron chi connectivity index (χ0n) is 40.5. The van der Waals surface area contributed by atoms with Gasteiger partial charge >= 0.3 is 0 Å². The number of benzene rings is 8. The van der Waals surface area contributed by atoms with Crippen LogP contribution in [0.5, 0.6) is 0 Å². The van der Waals surface area contributed by atoms with Crippen LogP contribution in [0.1, 0.15) is 108 Å². The highest BCUT2D eigenvalue weighted by Gasteiger charge is 2.45. The predicted octanol–water partition coefficient (Wildman–Crippen LogP) is 15.0. The molecule has 0 fully saturated rings. The van der Waals surface area contributed by atoms with Crippen molar-refractivity contribution in [2.24, 2.45) is 0 Å². The lowest BCUT2D eigenvalue weighted by Crippen LogP contribution is -2.61. The van der Waals surface area contributed by atoms with Crippen molar-refractivity contribution in [2.75, 3.05) is 9.80 Å². The number of nitrogens with zero attached hydrogens (tertiary/aromatic N) is 2. The lowest BCUT2D eigenvalue weighted by Gasteiger charge is -2.45. The third-order valence-electron chi connectivity index (χ3n) is 15.8. The minimum Gasteiger partial charge on any atom is -0.311 e. The van der Waals surface area contributed by atoms with Crippen LogP contribution in [0.4, 0.5) is 34.1 Å². The third kappa shape index (κ3) is 5.74. The van der Waals surface area contributed by atoms with Crippen LogP contribution < -0.4 is 26.2 Å². The molecule has 0 radical (unpaired) electrons.